The Morgan fingerprint density at radius 2 is 1.93 bits per heavy atom. The molecule has 3 aromatic heterocycles. The predicted octanol–water partition coefficient (Wildman–Crippen LogP) is 2.67. The van der Waals surface area contributed by atoms with Gasteiger partial charge in [-0.3, -0.25) is 9.78 Å². The van der Waals surface area contributed by atoms with Crippen LogP contribution in [-0.2, 0) is 13.2 Å². The molecule has 0 unspecified atom stereocenters. The van der Waals surface area contributed by atoms with Gasteiger partial charge in [-0.1, -0.05) is 29.4 Å². The number of rotatable bonds is 6. The first-order chi connectivity index (χ1) is 14.6. The van der Waals surface area contributed by atoms with Crippen molar-refractivity contribution in [1.82, 2.24) is 25.4 Å². The van der Waals surface area contributed by atoms with Crippen molar-refractivity contribution in [2.24, 2.45) is 0 Å². The van der Waals surface area contributed by atoms with E-state index in [1.165, 1.54) is 5.56 Å². The van der Waals surface area contributed by atoms with Crippen LogP contribution in [0.2, 0.25) is 0 Å². The van der Waals surface area contributed by atoms with Crippen molar-refractivity contribution >= 4 is 0 Å². The topological polar surface area (TPSA) is 117 Å². The first-order valence-electron chi connectivity index (χ1n) is 9.46. The lowest BCUT2D eigenvalue weighted by molar-refractivity contribution is 0.280. The normalized spacial score (nSPS) is 11.0. The Hall–Kier alpha value is -3.62. The molecule has 0 spiro atoms. The number of aliphatic hydroxyl groups is 1. The Labute approximate surface area is 172 Å². The lowest BCUT2D eigenvalue weighted by Gasteiger charge is -2.06. The fourth-order valence-corrected chi connectivity index (χ4v) is 3.14. The summed E-state index contributed by atoms with van der Waals surface area (Å²) in [5, 5.41) is 16.6. The van der Waals surface area contributed by atoms with Crippen molar-refractivity contribution in [3.8, 4) is 34.0 Å². The molecule has 0 amide bonds. The molecule has 152 valence electrons. The largest absolute Gasteiger partial charge is 0.391 e. The standard InChI is InChI=1S/C22H21N5O3/c1-13-21(26-19(11-24-13)16-7-17(12-28)22(29)25-10-16)20-8-18(27-30-20)15-5-3-14(4-6-15)9-23-2/h3-8,10-11,23,28H,9,12H2,1-2H3,(H,25,29). The highest BCUT2D eigenvalue weighted by molar-refractivity contribution is 5.68. The lowest BCUT2D eigenvalue weighted by Crippen LogP contribution is -2.11. The number of aryl methyl sites for hydroxylation is 1. The van der Waals surface area contributed by atoms with E-state index in [0.717, 1.165) is 12.1 Å². The molecule has 0 aliphatic heterocycles. The predicted molar refractivity (Wildman–Crippen MR) is 112 cm³/mol. The van der Waals surface area contributed by atoms with Crippen LogP contribution in [0.15, 0.2) is 58.1 Å². The highest BCUT2D eigenvalue weighted by Gasteiger charge is 2.15. The van der Waals surface area contributed by atoms with Crippen LogP contribution < -0.4 is 10.9 Å². The van der Waals surface area contributed by atoms with Gasteiger partial charge >= 0.3 is 0 Å². The molecule has 4 aromatic rings. The van der Waals surface area contributed by atoms with Crippen LogP contribution in [0.25, 0.3) is 34.0 Å². The van der Waals surface area contributed by atoms with Gasteiger partial charge in [0.1, 0.15) is 11.4 Å². The Balaban J connectivity index is 1.68. The van der Waals surface area contributed by atoms with E-state index in [4.69, 9.17) is 4.52 Å². The quantitative estimate of drug-likeness (QED) is 0.453. The Bertz CT molecular complexity index is 1230. The average molecular weight is 403 g/mol. The van der Waals surface area contributed by atoms with E-state index in [1.807, 2.05) is 44.3 Å². The number of aromatic nitrogens is 4. The second kappa shape index (κ2) is 8.40. The Kier molecular flexibility index (Phi) is 5.51. The summed E-state index contributed by atoms with van der Waals surface area (Å²) in [6.07, 6.45) is 3.16. The van der Waals surface area contributed by atoms with Crippen molar-refractivity contribution in [3.05, 3.63) is 76.0 Å². The van der Waals surface area contributed by atoms with Crippen LogP contribution in [-0.4, -0.2) is 32.3 Å². The summed E-state index contributed by atoms with van der Waals surface area (Å²) < 4.78 is 5.56. The molecule has 8 nitrogen and oxygen atoms in total. The zero-order valence-corrected chi connectivity index (χ0v) is 16.6. The van der Waals surface area contributed by atoms with E-state index in [0.29, 0.717) is 34.1 Å². The van der Waals surface area contributed by atoms with Gasteiger partial charge in [-0.05, 0) is 25.6 Å². The number of aliphatic hydroxyl groups excluding tert-OH is 1. The van der Waals surface area contributed by atoms with E-state index in [2.05, 4.69) is 25.4 Å². The van der Waals surface area contributed by atoms with Gasteiger partial charge in [0.2, 0.25) is 0 Å². The summed E-state index contributed by atoms with van der Waals surface area (Å²) in [5.41, 5.74) is 5.22. The van der Waals surface area contributed by atoms with Gasteiger partial charge in [-0.25, -0.2) is 4.98 Å². The zero-order chi connectivity index (χ0) is 21.1. The van der Waals surface area contributed by atoms with Gasteiger partial charge in [-0.2, -0.15) is 0 Å². The molecule has 0 bridgehead atoms. The van der Waals surface area contributed by atoms with Crippen LogP contribution in [0.4, 0.5) is 0 Å². The minimum Gasteiger partial charge on any atom is -0.391 e. The summed E-state index contributed by atoms with van der Waals surface area (Å²) in [7, 11) is 1.91. The molecule has 1 aromatic carbocycles. The molecular weight excluding hydrogens is 382 g/mol. The second-order valence-electron chi connectivity index (χ2n) is 6.89. The van der Waals surface area contributed by atoms with Crippen molar-refractivity contribution in [1.29, 1.82) is 0 Å². The maximum Gasteiger partial charge on any atom is 0.253 e. The number of nitrogens with zero attached hydrogens (tertiary/aromatic N) is 3. The summed E-state index contributed by atoms with van der Waals surface area (Å²) >= 11 is 0. The third-order valence-electron chi connectivity index (χ3n) is 4.78. The van der Waals surface area contributed by atoms with Gasteiger partial charge in [0, 0.05) is 35.5 Å². The van der Waals surface area contributed by atoms with Crippen LogP contribution in [0.3, 0.4) is 0 Å². The second-order valence-corrected chi connectivity index (χ2v) is 6.89. The number of hydrogen-bond donors (Lipinski definition) is 3. The van der Waals surface area contributed by atoms with Gasteiger partial charge < -0.3 is 19.9 Å². The number of nitrogens with one attached hydrogen (secondary N) is 2. The molecule has 30 heavy (non-hydrogen) atoms. The highest BCUT2D eigenvalue weighted by atomic mass is 16.5. The average Bonchev–Trinajstić information content (AvgIpc) is 3.25. The molecule has 8 heteroatoms. The smallest absolute Gasteiger partial charge is 0.253 e. The van der Waals surface area contributed by atoms with Crippen LogP contribution in [0.1, 0.15) is 16.8 Å². The van der Waals surface area contributed by atoms with Gasteiger partial charge in [0.05, 0.1) is 24.2 Å². The number of H-pyrrole nitrogens is 1. The maximum absolute atomic E-state index is 11.7. The van der Waals surface area contributed by atoms with Crippen molar-refractivity contribution in [2.45, 2.75) is 20.1 Å². The molecule has 0 radical (unpaired) electrons. The van der Waals surface area contributed by atoms with Crippen LogP contribution >= 0.6 is 0 Å². The number of benzene rings is 1. The SMILES string of the molecule is CNCc1ccc(-c2cc(-c3nc(-c4c[nH]c(=O)c(CO)c4)cnc3C)on2)cc1. The Morgan fingerprint density at radius 1 is 1.13 bits per heavy atom. The maximum atomic E-state index is 11.7. The van der Waals surface area contributed by atoms with Crippen molar-refractivity contribution in [2.75, 3.05) is 7.05 Å². The fraction of sp³-hybridized carbons (Fsp3) is 0.182. The van der Waals surface area contributed by atoms with Crippen molar-refractivity contribution in [3.63, 3.8) is 0 Å². The summed E-state index contributed by atoms with van der Waals surface area (Å²) in [6, 6.07) is 11.5. The zero-order valence-electron chi connectivity index (χ0n) is 16.6. The summed E-state index contributed by atoms with van der Waals surface area (Å²) in [5.74, 6) is 0.503. The highest BCUT2D eigenvalue weighted by Crippen LogP contribution is 2.28. The van der Waals surface area contributed by atoms with E-state index in [1.54, 1.807) is 18.5 Å². The van der Waals surface area contributed by atoms with E-state index >= 15 is 0 Å². The minimum absolute atomic E-state index is 0.264. The number of pyridine rings is 1. The van der Waals surface area contributed by atoms with Gasteiger partial charge in [0.15, 0.2) is 5.76 Å². The summed E-state index contributed by atoms with van der Waals surface area (Å²) in [6.45, 7) is 2.29. The molecule has 0 atom stereocenters. The van der Waals surface area contributed by atoms with Crippen LogP contribution in [0, 0.1) is 6.92 Å². The monoisotopic (exact) mass is 403 g/mol. The molecule has 3 heterocycles. The number of aromatic amines is 1. The molecule has 0 saturated heterocycles. The van der Waals surface area contributed by atoms with E-state index < -0.39 is 0 Å². The Morgan fingerprint density at radius 3 is 2.67 bits per heavy atom. The number of hydrogen-bond acceptors (Lipinski definition) is 7. The third-order valence-corrected chi connectivity index (χ3v) is 4.78. The lowest BCUT2D eigenvalue weighted by atomic mass is 10.1. The van der Waals surface area contributed by atoms with E-state index in [9.17, 15) is 9.90 Å². The van der Waals surface area contributed by atoms with Crippen molar-refractivity contribution < 1.29 is 9.63 Å². The first-order valence-corrected chi connectivity index (χ1v) is 9.46. The molecule has 3 N–H and O–H groups in total. The third kappa shape index (κ3) is 3.91. The molecule has 0 fully saturated rings. The minimum atomic E-state index is -0.353. The molecule has 0 aliphatic carbocycles. The molecule has 0 saturated carbocycles. The first kappa shape index (κ1) is 19.7. The fourth-order valence-electron chi connectivity index (χ4n) is 3.14. The molecular formula is C22H21N5O3. The molecule has 4 rings (SSSR count). The van der Waals surface area contributed by atoms with E-state index in [-0.39, 0.29) is 17.7 Å². The molecule has 0 aliphatic rings. The summed E-state index contributed by atoms with van der Waals surface area (Å²) in [4.78, 5) is 23.4. The van der Waals surface area contributed by atoms with Gasteiger partial charge in [-0.15, -0.1) is 0 Å². The van der Waals surface area contributed by atoms with Crippen LogP contribution in [0.5, 0.6) is 0 Å². The van der Waals surface area contributed by atoms with Gasteiger partial charge in [0.25, 0.3) is 5.56 Å².